The molecule has 5 aromatic carbocycles. The number of fused-ring (bicyclic) bond motifs is 3. The van der Waals surface area contributed by atoms with Crippen LogP contribution in [-0.4, -0.2) is 0 Å². The Kier molecular flexibility index (Phi) is 4.06. The molecule has 0 saturated carbocycles. The molecule has 5 rings (SSSR count). The third-order valence-corrected chi connectivity index (χ3v) is 5.30. The first kappa shape index (κ1) is 16.6. The van der Waals surface area contributed by atoms with Gasteiger partial charge < -0.3 is 5.32 Å². The van der Waals surface area contributed by atoms with Gasteiger partial charge in [-0.05, 0) is 63.9 Å². The van der Waals surface area contributed by atoms with Gasteiger partial charge in [0.25, 0.3) is 0 Å². The number of hydrogen-bond donors (Lipinski definition) is 1. The molecule has 0 atom stereocenters. The Hall–Kier alpha value is -3.58. The predicted molar refractivity (Wildman–Crippen MR) is 121 cm³/mol. The maximum absolute atomic E-state index is 3.53. The lowest BCUT2D eigenvalue weighted by atomic mass is 10.0. The first-order valence-electron chi connectivity index (χ1n) is 9.62. The van der Waals surface area contributed by atoms with Gasteiger partial charge in [-0.15, -0.1) is 0 Å². The normalized spacial score (nSPS) is 11.0. The summed E-state index contributed by atoms with van der Waals surface area (Å²) in [6.07, 6.45) is 0. The number of anilines is 2. The molecule has 1 N–H and O–H groups in total. The predicted octanol–water partition coefficient (Wildman–Crippen LogP) is 7.71. The lowest BCUT2D eigenvalue weighted by molar-refractivity contribution is 1.47. The fourth-order valence-electron chi connectivity index (χ4n) is 3.75. The van der Waals surface area contributed by atoms with Crippen LogP contribution in [0.3, 0.4) is 0 Å². The van der Waals surface area contributed by atoms with E-state index in [2.05, 4.69) is 115 Å². The maximum Gasteiger partial charge on any atom is 0.0390 e. The van der Waals surface area contributed by atoms with Crippen molar-refractivity contribution in [3.05, 3.63) is 109 Å². The Labute approximate surface area is 165 Å². The molecular weight excluding hydrogens is 338 g/mol. The van der Waals surface area contributed by atoms with E-state index in [0.29, 0.717) is 0 Å². The summed E-state index contributed by atoms with van der Waals surface area (Å²) in [7, 11) is 0. The Balaban J connectivity index is 1.43. The molecule has 0 spiro atoms. The van der Waals surface area contributed by atoms with Crippen LogP contribution >= 0.6 is 0 Å². The molecule has 0 unspecified atom stereocenters. The summed E-state index contributed by atoms with van der Waals surface area (Å²) in [6.45, 7) is 2.11. The van der Waals surface area contributed by atoms with Crippen molar-refractivity contribution in [1.82, 2.24) is 0 Å². The molecule has 0 heterocycles. The minimum atomic E-state index is 1.09. The van der Waals surface area contributed by atoms with E-state index >= 15 is 0 Å². The third kappa shape index (κ3) is 3.12. The Bertz CT molecular complexity index is 1270. The van der Waals surface area contributed by atoms with Gasteiger partial charge in [0.15, 0.2) is 0 Å². The van der Waals surface area contributed by atoms with E-state index in [4.69, 9.17) is 0 Å². The number of hydrogen-bond acceptors (Lipinski definition) is 1. The molecule has 0 aromatic heterocycles. The second-order valence-electron chi connectivity index (χ2n) is 7.29. The van der Waals surface area contributed by atoms with Gasteiger partial charge in [-0.1, -0.05) is 84.4 Å². The van der Waals surface area contributed by atoms with E-state index in [1.54, 1.807) is 0 Å². The molecule has 0 aliphatic carbocycles. The highest BCUT2D eigenvalue weighted by molar-refractivity contribution is 6.08. The first-order chi connectivity index (χ1) is 13.8. The van der Waals surface area contributed by atoms with Gasteiger partial charge >= 0.3 is 0 Å². The second kappa shape index (κ2) is 6.86. The van der Waals surface area contributed by atoms with E-state index < -0.39 is 0 Å². The molecule has 1 heteroatoms. The van der Waals surface area contributed by atoms with Gasteiger partial charge in [0.2, 0.25) is 0 Å². The van der Waals surface area contributed by atoms with Gasteiger partial charge in [-0.3, -0.25) is 0 Å². The first-order valence-corrected chi connectivity index (χ1v) is 9.62. The largest absolute Gasteiger partial charge is 0.356 e. The summed E-state index contributed by atoms with van der Waals surface area (Å²) in [6, 6.07) is 36.8. The molecule has 134 valence electrons. The second-order valence-corrected chi connectivity index (χ2v) is 7.29. The van der Waals surface area contributed by atoms with E-state index in [9.17, 15) is 0 Å². The average Bonchev–Trinajstić information content (AvgIpc) is 2.75. The zero-order chi connectivity index (χ0) is 18.9. The van der Waals surface area contributed by atoms with Crippen molar-refractivity contribution in [3.63, 3.8) is 0 Å². The van der Waals surface area contributed by atoms with Gasteiger partial charge in [0.1, 0.15) is 0 Å². The van der Waals surface area contributed by atoms with Gasteiger partial charge in [-0.2, -0.15) is 0 Å². The molecule has 0 bridgehead atoms. The highest BCUT2D eigenvalue weighted by atomic mass is 14.9. The lowest BCUT2D eigenvalue weighted by Gasteiger charge is -2.10. The molecule has 1 nitrogen and oxygen atoms in total. The molecular formula is C27H21N. The molecule has 0 aliphatic rings. The third-order valence-electron chi connectivity index (χ3n) is 5.30. The zero-order valence-corrected chi connectivity index (χ0v) is 15.8. The van der Waals surface area contributed by atoms with Crippen LogP contribution in [0.15, 0.2) is 103 Å². The number of benzene rings is 5. The van der Waals surface area contributed by atoms with Gasteiger partial charge in [0, 0.05) is 11.4 Å². The van der Waals surface area contributed by atoms with Crippen molar-refractivity contribution >= 4 is 32.9 Å². The maximum atomic E-state index is 3.53. The minimum Gasteiger partial charge on any atom is -0.356 e. The number of nitrogens with one attached hydrogen (secondary N) is 1. The monoisotopic (exact) mass is 359 g/mol. The van der Waals surface area contributed by atoms with Crippen LogP contribution in [0.4, 0.5) is 11.4 Å². The topological polar surface area (TPSA) is 12.0 Å². The number of aryl methyl sites for hydroxylation is 1. The quantitative estimate of drug-likeness (QED) is 0.325. The SMILES string of the molecule is Cc1ccc(-c2ccc(Nc3ccc4c(ccc5ccccc54)c3)cc2)cc1. The molecule has 0 aliphatic heterocycles. The fourth-order valence-corrected chi connectivity index (χ4v) is 3.75. The van der Waals surface area contributed by atoms with Gasteiger partial charge in [0.05, 0.1) is 0 Å². The van der Waals surface area contributed by atoms with Crippen molar-refractivity contribution in [2.45, 2.75) is 6.92 Å². The Morgan fingerprint density at radius 3 is 1.89 bits per heavy atom. The Morgan fingerprint density at radius 2 is 1.11 bits per heavy atom. The van der Waals surface area contributed by atoms with Crippen LogP contribution in [0.1, 0.15) is 5.56 Å². The summed E-state index contributed by atoms with van der Waals surface area (Å²) in [5.74, 6) is 0. The van der Waals surface area contributed by atoms with E-state index in [1.165, 1.54) is 38.2 Å². The molecule has 0 saturated heterocycles. The molecule has 5 aromatic rings. The summed E-state index contributed by atoms with van der Waals surface area (Å²) in [4.78, 5) is 0. The van der Waals surface area contributed by atoms with Crippen LogP contribution < -0.4 is 5.32 Å². The summed E-state index contributed by atoms with van der Waals surface area (Å²) in [5, 5.41) is 8.65. The summed E-state index contributed by atoms with van der Waals surface area (Å²) < 4.78 is 0. The molecule has 0 radical (unpaired) electrons. The minimum absolute atomic E-state index is 1.09. The lowest BCUT2D eigenvalue weighted by Crippen LogP contribution is -1.90. The van der Waals surface area contributed by atoms with Crippen LogP contribution in [0.2, 0.25) is 0 Å². The van der Waals surface area contributed by atoms with Crippen LogP contribution in [0.5, 0.6) is 0 Å². The van der Waals surface area contributed by atoms with E-state index in [1.807, 2.05) is 0 Å². The summed E-state index contributed by atoms with van der Waals surface area (Å²) >= 11 is 0. The molecule has 0 amide bonds. The smallest absolute Gasteiger partial charge is 0.0390 e. The van der Waals surface area contributed by atoms with E-state index in [0.717, 1.165) is 11.4 Å². The van der Waals surface area contributed by atoms with Crippen LogP contribution in [0.25, 0.3) is 32.7 Å². The van der Waals surface area contributed by atoms with Crippen LogP contribution in [-0.2, 0) is 0 Å². The van der Waals surface area contributed by atoms with Gasteiger partial charge in [-0.25, -0.2) is 0 Å². The molecule has 28 heavy (non-hydrogen) atoms. The Morgan fingerprint density at radius 1 is 0.500 bits per heavy atom. The highest BCUT2D eigenvalue weighted by Crippen LogP contribution is 2.29. The van der Waals surface area contributed by atoms with Crippen LogP contribution in [0, 0.1) is 6.92 Å². The van der Waals surface area contributed by atoms with Crippen molar-refractivity contribution in [2.24, 2.45) is 0 Å². The fraction of sp³-hybridized carbons (Fsp3) is 0.0370. The molecule has 0 fully saturated rings. The average molecular weight is 359 g/mol. The summed E-state index contributed by atoms with van der Waals surface area (Å²) in [5.41, 5.74) is 5.96. The van der Waals surface area contributed by atoms with Crippen molar-refractivity contribution in [1.29, 1.82) is 0 Å². The number of rotatable bonds is 3. The van der Waals surface area contributed by atoms with Crippen molar-refractivity contribution in [3.8, 4) is 11.1 Å². The van der Waals surface area contributed by atoms with Crippen molar-refractivity contribution in [2.75, 3.05) is 5.32 Å². The van der Waals surface area contributed by atoms with Crippen molar-refractivity contribution < 1.29 is 0 Å². The zero-order valence-electron chi connectivity index (χ0n) is 15.8. The van der Waals surface area contributed by atoms with E-state index in [-0.39, 0.29) is 0 Å². The highest BCUT2D eigenvalue weighted by Gasteiger charge is 2.03. The standard InChI is InChI=1S/C27H21N/c1-19-6-8-20(9-7-19)21-12-14-24(15-13-21)28-25-16-17-27-23(18-25)11-10-22-4-2-3-5-26(22)27/h2-18,28H,1H3.